The Morgan fingerprint density at radius 1 is 0.970 bits per heavy atom. The molecule has 0 aromatic carbocycles. The zero-order valence-electron chi connectivity index (χ0n) is 22.3. The first-order chi connectivity index (χ1) is 15.1. The molecule has 0 spiro atoms. The Bertz CT molecular complexity index is 558. The van der Waals surface area contributed by atoms with E-state index in [1.54, 1.807) is 20.8 Å². The van der Waals surface area contributed by atoms with Gasteiger partial charge in [-0.05, 0) is 39.7 Å². The summed E-state index contributed by atoms with van der Waals surface area (Å²) in [7, 11) is -1.11. The first-order valence-electron chi connectivity index (χ1n) is 12.3. The van der Waals surface area contributed by atoms with Gasteiger partial charge in [-0.3, -0.25) is 4.79 Å². The van der Waals surface area contributed by atoms with Crippen LogP contribution in [0.2, 0.25) is 25.7 Å². The SMILES string of the molecule is CCCCC[C@H](N)C(=O)OCC[Si](C)(C)C.CCCCC[C@H](NC(=O)OC(C)(C)C)C(=O)O. The van der Waals surface area contributed by atoms with Crippen molar-refractivity contribution in [2.45, 2.75) is 129 Å². The summed E-state index contributed by atoms with van der Waals surface area (Å²) in [6.45, 7) is 16.7. The maximum absolute atomic E-state index is 11.5. The highest BCUT2D eigenvalue weighted by Gasteiger charge is 2.23. The number of carboxylic acid groups (broad SMARTS) is 1. The Morgan fingerprint density at radius 3 is 1.91 bits per heavy atom. The van der Waals surface area contributed by atoms with Crippen molar-refractivity contribution >= 4 is 26.1 Å². The van der Waals surface area contributed by atoms with Crippen molar-refractivity contribution in [1.29, 1.82) is 0 Å². The molecule has 0 heterocycles. The van der Waals surface area contributed by atoms with Crippen LogP contribution < -0.4 is 11.1 Å². The predicted octanol–water partition coefficient (Wildman–Crippen LogP) is 5.32. The summed E-state index contributed by atoms with van der Waals surface area (Å²) >= 11 is 0. The molecule has 0 aliphatic rings. The van der Waals surface area contributed by atoms with Crippen molar-refractivity contribution in [1.82, 2.24) is 5.32 Å². The summed E-state index contributed by atoms with van der Waals surface area (Å²) in [4.78, 5) is 33.8. The molecule has 1 amide bonds. The molecule has 196 valence electrons. The van der Waals surface area contributed by atoms with Crippen LogP contribution in [-0.2, 0) is 19.1 Å². The van der Waals surface area contributed by atoms with E-state index in [1.165, 1.54) is 0 Å². The standard InChI is InChI=1S/C12H23NO4.C12H27NO2Si/c1-5-6-7-8-9(10(14)15)13-11(16)17-12(2,3)4;1-5-6-7-8-11(13)12(14)15-9-10-16(2,3)4/h9H,5-8H2,1-4H3,(H,13,16)(H,14,15);11H,5-10,13H2,1-4H3/t9-;11-/m00/s1. The number of hydrogen-bond acceptors (Lipinski definition) is 6. The molecule has 0 radical (unpaired) electrons. The molecular weight excluding hydrogens is 440 g/mol. The lowest BCUT2D eigenvalue weighted by Gasteiger charge is -2.21. The van der Waals surface area contributed by atoms with Crippen LogP contribution in [0.5, 0.6) is 0 Å². The Morgan fingerprint density at radius 2 is 1.48 bits per heavy atom. The van der Waals surface area contributed by atoms with Crippen molar-refractivity contribution in [3.05, 3.63) is 0 Å². The van der Waals surface area contributed by atoms with E-state index in [1.807, 2.05) is 6.92 Å². The van der Waals surface area contributed by atoms with E-state index in [9.17, 15) is 14.4 Å². The van der Waals surface area contributed by atoms with Crippen LogP contribution in [0.25, 0.3) is 0 Å². The van der Waals surface area contributed by atoms with Crippen LogP contribution >= 0.6 is 0 Å². The molecule has 0 aromatic heterocycles. The van der Waals surface area contributed by atoms with E-state index in [0.29, 0.717) is 13.0 Å². The van der Waals surface area contributed by atoms with E-state index in [0.717, 1.165) is 51.0 Å². The second kappa shape index (κ2) is 17.8. The van der Waals surface area contributed by atoms with Crippen LogP contribution in [0.1, 0.15) is 86.0 Å². The Hall–Kier alpha value is -1.61. The number of rotatable bonds is 14. The number of hydrogen-bond donors (Lipinski definition) is 3. The third kappa shape index (κ3) is 23.3. The zero-order valence-corrected chi connectivity index (χ0v) is 23.3. The number of nitrogens with one attached hydrogen (secondary N) is 1. The number of unbranched alkanes of at least 4 members (excludes halogenated alkanes) is 4. The number of amides is 1. The molecule has 0 fully saturated rings. The number of carbonyl (C=O) groups is 3. The van der Waals surface area contributed by atoms with Gasteiger partial charge in [-0.25, -0.2) is 9.59 Å². The average Bonchev–Trinajstić information content (AvgIpc) is 2.65. The first-order valence-corrected chi connectivity index (χ1v) is 16.0. The molecule has 0 bridgehead atoms. The fraction of sp³-hybridized carbons (Fsp3) is 0.875. The molecule has 0 saturated heterocycles. The summed E-state index contributed by atoms with van der Waals surface area (Å²) in [5.74, 6) is -1.25. The Balaban J connectivity index is 0. The molecule has 8 nitrogen and oxygen atoms in total. The summed E-state index contributed by atoms with van der Waals surface area (Å²) in [6.07, 6.45) is 6.55. The number of alkyl carbamates (subject to hydrolysis) is 1. The van der Waals surface area contributed by atoms with E-state index in [2.05, 4.69) is 31.9 Å². The van der Waals surface area contributed by atoms with Crippen molar-refractivity contribution in [3.63, 3.8) is 0 Å². The number of esters is 1. The van der Waals surface area contributed by atoms with Crippen molar-refractivity contribution < 1.29 is 29.0 Å². The second-order valence-electron chi connectivity index (χ2n) is 10.6. The highest BCUT2D eigenvalue weighted by atomic mass is 28.3. The summed E-state index contributed by atoms with van der Waals surface area (Å²) < 4.78 is 10.2. The van der Waals surface area contributed by atoms with Gasteiger partial charge in [0.15, 0.2) is 0 Å². The van der Waals surface area contributed by atoms with Crippen molar-refractivity contribution in [2.24, 2.45) is 5.73 Å². The number of nitrogens with two attached hydrogens (primary N) is 1. The number of carboxylic acids is 1. The molecule has 0 aromatic rings. The lowest BCUT2D eigenvalue weighted by atomic mass is 10.1. The molecule has 0 aliphatic carbocycles. The molecule has 9 heteroatoms. The van der Waals surface area contributed by atoms with Crippen LogP contribution in [0, 0.1) is 0 Å². The van der Waals surface area contributed by atoms with Crippen LogP contribution in [0.4, 0.5) is 4.79 Å². The van der Waals surface area contributed by atoms with Gasteiger partial charge in [0.05, 0.1) is 6.61 Å². The molecule has 0 unspecified atom stereocenters. The molecular formula is C24H50N2O6Si. The quantitative estimate of drug-likeness (QED) is 0.171. The molecule has 33 heavy (non-hydrogen) atoms. The van der Waals surface area contributed by atoms with Crippen LogP contribution in [0.3, 0.4) is 0 Å². The van der Waals surface area contributed by atoms with Gasteiger partial charge in [0, 0.05) is 8.07 Å². The average molecular weight is 491 g/mol. The van der Waals surface area contributed by atoms with E-state index in [-0.39, 0.29) is 5.97 Å². The monoisotopic (exact) mass is 490 g/mol. The Kier molecular flexibility index (Phi) is 18.1. The minimum absolute atomic E-state index is 0.227. The summed E-state index contributed by atoms with van der Waals surface area (Å²) in [5.41, 5.74) is 5.13. The fourth-order valence-corrected chi connectivity index (χ4v) is 3.32. The third-order valence-corrected chi connectivity index (χ3v) is 6.31. The molecule has 4 N–H and O–H groups in total. The number of carbonyl (C=O) groups excluding carboxylic acids is 2. The van der Waals surface area contributed by atoms with Gasteiger partial charge < -0.3 is 25.6 Å². The highest BCUT2D eigenvalue weighted by molar-refractivity contribution is 6.76. The largest absolute Gasteiger partial charge is 0.480 e. The van der Waals surface area contributed by atoms with Crippen LogP contribution in [-0.4, -0.2) is 55.5 Å². The molecule has 0 saturated carbocycles. The molecule has 0 aliphatic heterocycles. The van der Waals surface area contributed by atoms with Crippen LogP contribution in [0.15, 0.2) is 0 Å². The van der Waals surface area contributed by atoms with Gasteiger partial charge in [0.1, 0.15) is 17.7 Å². The van der Waals surface area contributed by atoms with E-state index in [4.69, 9.17) is 20.3 Å². The minimum Gasteiger partial charge on any atom is -0.480 e. The minimum atomic E-state index is -1.11. The lowest BCUT2D eigenvalue weighted by molar-refractivity contribution is -0.145. The zero-order chi connectivity index (χ0) is 26.1. The topological polar surface area (TPSA) is 128 Å². The molecule has 2 atom stereocenters. The third-order valence-electron chi connectivity index (χ3n) is 4.60. The maximum atomic E-state index is 11.5. The number of ether oxygens (including phenoxy) is 2. The van der Waals surface area contributed by atoms with Gasteiger partial charge in [-0.1, -0.05) is 72.0 Å². The predicted molar refractivity (Wildman–Crippen MR) is 136 cm³/mol. The van der Waals surface area contributed by atoms with Gasteiger partial charge in [-0.15, -0.1) is 0 Å². The smallest absolute Gasteiger partial charge is 0.408 e. The normalized spacial score (nSPS) is 13.2. The maximum Gasteiger partial charge on any atom is 0.408 e. The van der Waals surface area contributed by atoms with Gasteiger partial charge in [-0.2, -0.15) is 0 Å². The second-order valence-corrected chi connectivity index (χ2v) is 16.2. The van der Waals surface area contributed by atoms with Crippen molar-refractivity contribution in [3.8, 4) is 0 Å². The van der Waals surface area contributed by atoms with Gasteiger partial charge in [0.25, 0.3) is 0 Å². The summed E-state index contributed by atoms with van der Waals surface area (Å²) in [6, 6.07) is -0.273. The van der Waals surface area contributed by atoms with Crippen molar-refractivity contribution in [2.75, 3.05) is 6.61 Å². The van der Waals surface area contributed by atoms with E-state index < -0.39 is 37.8 Å². The lowest BCUT2D eigenvalue weighted by Crippen LogP contribution is -2.43. The van der Waals surface area contributed by atoms with Gasteiger partial charge >= 0.3 is 18.0 Å². The number of aliphatic carboxylic acids is 1. The highest BCUT2D eigenvalue weighted by Crippen LogP contribution is 2.10. The fourth-order valence-electron chi connectivity index (χ4n) is 2.60. The summed E-state index contributed by atoms with van der Waals surface area (Å²) in [5, 5.41) is 11.3. The van der Waals surface area contributed by atoms with E-state index >= 15 is 0 Å². The first kappa shape index (κ1) is 33.6. The Labute approximate surface area is 202 Å². The van der Waals surface area contributed by atoms with Gasteiger partial charge in [0.2, 0.25) is 0 Å². The molecule has 0 rings (SSSR count).